The highest BCUT2D eigenvalue weighted by atomic mass is 35.5. The predicted molar refractivity (Wildman–Crippen MR) is 112 cm³/mol. The van der Waals surface area contributed by atoms with Gasteiger partial charge >= 0.3 is 0 Å². The maximum absolute atomic E-state index is 12.6. The Morgan fingerprint density at radius 1 is 1.26 bits per heavy atom. The van der Waals surface area contributed by atoms with E-state index in [1.165, 1.54) is 0 Å². The molecule has 2 rings (SSSR count). The molecule has 3 atom stereocenters. The highest BCUT2D eigenvalue weighted by Gasteiger charge is 2.26. The Bertz CT molecular complexity index is 605. The van der Waals surface area contributed by atoms with Crippen LogP contribution in [0, 0.1) is 0 Å². The number of nitrogens with two attached hydrogens (primary N) is 1. The number of morpholine rings is 1. The van der Waals surface area contributed by atoms with Gasteiger partial charge in [-0.3, -0.25) is 9.59 Å². The Morgan fingerprint density at radius 3 is 2.41 bits per heavy atom. The van der Waals surface area contributed by atoms with Crippen LogP contribution in [0.2, 0.25) is 0 Å². The summed E-state index contributed by atoms with van der Waals surface area (Å²) in [5, 5.41) is 2.85. The first-order valence-corrected chi connectivity index (χ1v) is 10.4. The first kappa shape index (κ1) is 23.8. The molecule has 2 unspecified atom stereocenters. The van der Waals surface area contributed by atoms with E-state index in [4.69, 9.17) is 10.5 Å². The zero-order valence-corrected chi connectivity index (χ0v) is 17.8. The standard InChI is InChI=1S/C19H29N3O3S.ClH/c1-13-11-22(12-14(2)25-13)19(24)16-6-4-15(5-7-16)10-21-18(23)17(20)8-9-26-3;/h4-7,13-14,17H,8-12,20H2,1-3H3,(H,21,23);1H/t13?,14?,17-;/m0./s1. The molecule has 1 heterocycles. The summed E-state index contributed by atoms with van der Waals surface area (Å²) >= 11 is 1.67. The zero-order valence-electron chi connectivity index (χ0n) is 16.1. The van der Waals surface area contributed by atoms with Gasteiger partial charge in [0.1, 0.15) is 0 Å². The summed E-state index contributed by atoms with van der Waals surface area (Å²) in [6.07, 6.45) is 2.75. The molecule has 1 aliphatic heterocycles. The number of hydrogen-bond donors (Lipinski definition) is 2. The van der Waals surface area contributed by atoms with Crippen LogP contribution in [0.5, 0.6) is 0 Å². The molecule has 0 bridgehead atoms. The van der Waals surface area contributed by atoms with Crippen LogP contribution in [-0.4, -0.2) is 60.1 Å². The molecule has 0 aromatic heterocycles. The van der Waals surface area contributed by atoms with Crippen LogP contribution >= 0.6 is 24.2 Å². The third-order valence-electron chi connectivity index (χ3n) is 4.34. The highest BCUT2D eigenvalue weighted by Crippen LogP contribution is 2.15. The fourth-order valence-corrected chi connectivity index (χ4v) is 3.48. The Morgan fingerprint density at radius 2 is 1.85 bits per heavy atom. The molecular formula is C19H30ClN3O3S. The van der Waals surface area contributed by atoms with Gasteiger partial charge in [0.15, 0.2) is 0 Å². The Balaban J connectivity index is 0.00000364. The number of ether oxygens (including phenoxy) is 1. The van der Waals surface area contributed by atoms with E-state index in [1.54, 1.807) is 11.8 Å². The molecule has 1 aromatic carbocycles. The van der Waals surface area contributed by atoms with Gasteiger partial charge in [-0.2, -0.15) is 11.8 Å². The first-order chi connectivity index (χ1) is 12.4. The topological polar surface area (TPSA) is 84.7 Å². The second kappa shape index (κ2) is 11.5. The van der Waals surface area contributed by atoms with Gasteiger partial charge in [-0.05, 0) is 50.0 Å². The minimum atomic E-state index is -0.478. The molecule has 0 aliphatic carbocycles. The lowest BCUT2D eigenvalue weighted by Crippen LogP contribution is -2.48. The number of benzene rings is 1. The lowest BCUT2D eigenvalue weighted by atomic mass is 10.1. The van der Waals surface area contributed by atoms with Crippen LogP contribution in [-0.2, 0) is 16.1 Å². The molecule has 2 amide bonds. The summed E-state index contributed by atoms with van der Waals surface area (Å²) in [5.74, 6) is 0.738. The molecule has 0 spiro atoms. The molecule has 1 fully saturated rings. The number of halogens is 1. The maximum atomic E-state index is 12.6. The summed E-state index contributed by atoms with van der Waals surface area (Å²) < 4.78 is 5.67. The number of hydrogen-bond acceptors (Lipinski definition) is 5. The molecule has 27 heavy (non-hydrogen) atoms. The smallest absolute Gasteiger partial charge is 0.254 e. The lowest BCUT2D eigenvalue weighted by molar-refractivity contribution is -0.122. The largest absolute Gasteiger partial charge is 0.372 e. The summed E-state index contributed by atoms with van der Waals surface area (Å²) in [5.41, 5.74) is 7.44. The van der Waals surface area contributed by atoms with Crippen molar-refractivity contribution >= 4 is 36.0 Å². The normalized spacial score (nSPS) is 20.5. The van der Waals surface area contributed by atoms with Crippen molar-refractivity contribution in [2.24, 2.45) is 5.73 Å². The van der Waals surface area contributed by atoms with Crippen molar-refractivity contribution in [2.45, 2.75) is 45.1 Å². The second-order valence-corrected chi connectivity index (χ2v) is 7.76. The van der Waals surface area contributed by atoms with Crippen LogP contribution in [0.15, 0.2) is 24.3 Å². The van der Waals surface area contributed by atoms with Crippen molar-refractivity contribution in [3.63, 3.8) is 0 Å². The van der Waals surface area contributed by atoms with E-state index in [-0.39, 0.29) is 36.4 Å². The molecule has 1 aliphatic rings. The van der Waals surface area contributed by atoms with E-state index >= 15 is 0 Å². The van der Waals surface area contributed by atoms with Gasteiger partial charge in [0.25, 0.3) is 5.91 Å². The van der Waals surface area contributed by atoms with Gasteiger partial charge in [-0.25, -0.2) is 0 Å². The van der Waals surface area contributed by atoms with Crippen LogP contribution in [0.3, 0.4) is 0 Å². The number of carbonyl (C=O) groups excluding carboxylic acids is 2. The van der Waals surface area contributed by atoms with Crippen molar-refractivity contribution in [3.8, 4) is 0 Å². The molecule has 6 nitrogen and oxygen atoms in total. The van der Waals surface area contributed by atoms with Gasteiger partial charge in [0, 0.05) is 25.2 Å². The number of carbonyl (C=O) groups is 2. The van der Waals surface area contributed by atoms with Crippen molar-refractivity contribution in [2.75, 3.05) is 25.1 Å². The highest BCUT2D eigenvalue weighted by molar-refractivity contribution is 7.98. The number of rotatable bonds is 7. The fraction of sp³-hybridized carbons (Fsp3) is 0.579. The quantitative estimate of drug-likeness (QED) is 0.712. The van der Waals surface area contributed by atoms with Gasteiger partial charge < -0.3 is 20.7 Å². The number of nitrogens with one attached hydrogen (secondary N) is 1. The molecule has 1 saturated heterocycles. The molecule has 0 radical (unpaired) electrons. The summed E-state index contributed by atoms with van der Waals surface area (Å²) in [6.45, 7) is 5.58. The number of nitrogens with zero attached hydrogens (tertiary/aromatic N) is 1. The molecule has 152 valence electrons. The van der Waals surface area contributed by atoms with Crippen molar-refractivity contribution in [3.05, 3.63) is 35.4 Å². The Kier molecular flexibility index (Phi) is 10.2. The van der Waals surface area contributed by atoms with E-state index in [0.717, 1.165) is 11.3 Å². The fourth-order valence-electron chi connectivity index (χ4n) is 2.99. The lowest BCUT2D eigenvalue weighted by Gasteiger charge is -2.35. The minimum absolute atomic E-state index is 0. The van der Waals surface area contributed by atoms with E-state index < -0.39 is 6.04 Å². The van der Waals surface area contributed by atoms with Crippen LogP contribution in [0.4, 0.5) is 0 Å². The van der Waals surface area contributed by atoms with Crippen LogP contribution in [0.1, 0.15) is 36.2 Å². The van der Waals surface area contributed by atoms with Gasteiger partial charge in [0.05, 0.1) is 18.2 Å². The SMILES string of the molecule is CSCC[C@H](N)C(=O)NCc1ccc(C(=O)N2CC(C)OC(C)C2)cc1.Cl. The van der Waals surface area contributed by atoms with Crippen LogP contribution < -0.4 is 11.1 Å². The Hall–Kier alpha value is -1.28. The van der Waals surface area contributed by atoms with E-state index in [9.17, 15) is 9.59 Å². The monoisotopic (exact) mass is 415 g/mol. The molecule has 0 saturated carbocycles. The Labute approximate surface area is 172 Å². The van der Waals surface area contributed by atoms with Crippen molar-refractivity contribution in [1.82, 2.24) is 10.2 Å². The third kappa shape index (κ3) is 7.33. The number of amides is 2. The average Bonchev–Trinajstić information content (AvgIpc) is 2.63. The van der Waals surface area contributed by atoms with E-state index in [2.05, 4.69) is 5.32 Å². The molecular weight excluding hydrogens is 386 g/mol. The van der Waals surface area contributed by atoms with E-state index in [0.29, 0.717) is 31.6 Å². The summed E-state index contributed by atoms with van der Waals surface area (Å²) in [7, 11) is 0. The summed E-state index contributed by atoms with van der Waals surface area (Å²) in [6, 6.07) is 6.88. The van der Waals surface area contributed by atoms with Crippen molar-refractivity contribution in [1.29, 1.82) is 0 Å². The first-order valence-electron chi connectivity index (χ1n) is 8.96. The maximum Gasteiger partial charge on any atom is 0.254 e. The van der Waals surface area contributed by atoms with Crippen LogP contribution in [0.25, 0.3) is 0 Å². The summed E-state index contributed by atoms with van der Waals surface area (Å²) in [4.78, 5) is 26.4. The average molecular weight is 416 g/mol. The van der Waals surface area contributed by atoms with Gasteiger partial charge in [-0.1, -0.05) is 12.1 Å². The molecule has 1 aromatic rings. The van der Waals surface area contributed by atoms with Gasteiger partial charge in [0.2, 0.25) is 5.91 Å². The number of thioether (sulfide) groups is 1. The van der Waals surface area contributed by atoms with E-state index in [1.807, 2.05) is 49.3 Å². The third-order valence-corrected chi connectivity index (χ3v) is 4.99. The van der Waals surface area contributed by atoms with Gasteiger partial charge in [-0.15, -0.1) is 12.4 Å². The molecule has 3 N–H and O–H groups in total. The second-order valence-electron chi connectivity index (χ2n) is 6.77. The van der Waals surface area contributed by atoms with Crippen molar-refractivity contribution < 1.29 is 14.3 Å². The zero-order chi connectivity index (χ0) is 19.1. The minimum Gasteiger partial charge on any atom is -0.372 e. The predicted octanol–water partition coefficient (Wildman–Crippen LogP) is 2.05. The molecule has 8 heteroatoms.